The molecule has 0 aliphatic heterocycles. The van der Waals surface area contributed by atoms with Crippen molar-refractivity contribution in [2.24, 2.45) is 7.05 Å². The number of nitrogens with one attached hydrogen (secondary N) is 2. The molecule has 0 bridgehead atoms. The van der Waals surface area contributed by atoms with Crippen LogP contribution in [0.2, 0.25) is 0 Å². The largest absolute Gasteiger partial charge is 0.461 e. The van der Waals surface area contributed by atoms with E-state index in [0.717, 1.165) is 9.13 Å². The average Bonchev–Trinajstić information content (AvgIpc) is 3.76. The van der Waals surface area contributed by atoms with Crippen molar-refractivity contribution in [1.29, 1.82) is 0 Å². The van der Waals surface area contributed by atoms with Crippen LogP contribution in [-0.2, 0) is 16.6 Å². The highest BCUT2D eigenvalue weighted by molar-refractivity contribution is 7.82. The molecule has 0 saturated heterocycles. The van der Waals surface area contributed by atoms with E-state index in [1.807, 2.05) is 0 Å². The fourth-order valence-corrected chi connectivity index (χ4v) is 4.99. The number of benzene rings is 2. The Morgan fingerprint density at radius 2 is 1.78 bits per heavy atom. The molecule has 5 rings (SSSR count). The maximum atomic E-state index is 15.3. The molecule has 2 N–H and O–H groups in total. The molecule has 4 aromatic rings. The van der Waals surface area contributed by atoms with Crippen molar-refractivity contribution >= 4 is 51.3 Å². The summed E-state index contributed by atoms with van der Waals surface area (Å²) in [6, 6.07) is 10.8. The summed E-state index contributed by atoms with van der Waals surface area (Å²) in [7, 11) is 1.45. The van der Waals surface area contributed by atoms with Gasteiger partial charge in [-0.05, 0) is 69.5 Å². The predicted octanol–water partition coefficient (Wildman–Crippen LogP) is 3.99. The minimum absolute atomic E-state index is 0.0319. The van der Waals surface area contributed by atoms with E-state index >= 15 is 4.39 Å². The van der Waals surface area contributed by atoms with E-state index in [4.69, 9.17) is 17.0 Å². The van der Waals surface area contributed by atoms with Gasteiger partial charge in [0.25, 0.3) is 11.1 Å². The Bertz CT molecular complexity index is 1920. The Kier molecular flexibility index (Phi) is 7.35. The highest BCUT2D eigenvalue weighted by Crippen LogP contribution is 2.34. The SMILES string of the molecule is CCOC(=O)C(=S)Nc1cccc(Nc2c(C)c(=O)n(C)c3c2c(=O)n(C2CC2)c(=O)n3-c2ccc(C)cc2F)c1. The third-order valence-electron chi connectivity index (χ3n) is 6.94. The summed E-state index contributed by atoms with van der Waals surface area (Å²) in [5.41, 5.74) is 0.154. The lowest BCUT2D eigenvalue weighted by molar-refractivity contribution is -0.134. The van der Waals surface area contributed by atoms with E-state index in [1.54, 1.807) is 51.1 Å². The molecule has 0 spiro atoms. The molecule has 2 heterocycles. The average molecular weight is 578 g/mol. The summed E-state index contributed by atoms with van der Waals surface area (Å²) in [5.74, 6) is -1.33. The minimum Gasteiger partial charge on any atom is -0.461 e. The van der Waals surface area contributed by atoms with Gasteiger partial charge in [0.15, 0.2) is 4.99 Å². The first-order valence-electron chi connectivity index (χ1n) is 13.1. The Hall–Kier alpha value is -4.58. The number of halogens is 1. The molecule has 0 amide bonds. The molecule has 0 atom stereocenters. The maximum absolute atomic E-state index is 15.3. The van der Waals surface area contributed by atoms with Crippen molar-refractivity contribution < 1.29 is 13.9 Å². The maximum Gasteiger partial charge on any atom is 0.366 e. The highest BCUT2D eigenvalue weighted by Gasteiger charge is 2.32. The van der Waals surface area contributed by atoms with Gasteiger partial charge in [0.1, 0.15) is 16.9 Å². The van der Waals surface area contributed by atoms with Crippen molar-refractivity contribution in [1.82, 2.24) is 13.7 Å². The molecule has 12 heteroatoms. The standard InChI is InChI=1S/C29H28FN5O5S/c1-5-40-28(38)24(41)32-18-8-6-7-17(14-18)31-23-16(3)26(36)33(4)25-22(23)27(37)34(19-10-11-19)29(39)35(25)21-12-9-15(2)13-20(21)30/h6-9,12-14,19,31H,5,10-11H2,1-4H3,(H,32,41). The lowest BCUT2D eigenvalue weighted by Gasteiger charge is -2.21. The van der Waals surface area contributed by atoms with Crippen LogP contribution < -0.4 is 27.4 Å². The Morgan fingerprint density at radius 3 is 2.44 bits per heavy atom. The lowest BCUT2D eigenvalue weighted by Crippen LogP contribution is -2.42. The van der Waals surface area contributed by atoms with E-state index in [9.17, 15) is 19.2 Å². The van der Waals surface area contributed by atoms with E-state index in [-0.39, 0.29) is 45.6 Å². The van der Waals surface area contributed by atoms with Crippen LogP contribution in [0.3, 0.4) is 0 Å². The molecule has 1 saturated carbocycles. The molecular weight excluding hydrogens is 549 g/mol. The molecule has 1 fully saturated rings. The smallest absolute Gasteiger partial charge is 0.366 e. The van der Waals surface area contributed by atoms with Crippen LogP contribution in [0.25, 0.3) is 16.7 Å². The summed E-state index contributed by atoms with van der Waals surface area (Å²) in [6.07, 6.45) is 1.28. The number of esters is 1. The second kappa shape index (κ2) is 10.8. The van der Waals surface area contributed by atoms with Gasteiger partial charge in [-0.2, -0.15) is 0 Å². The van der Waals surface area contributed by atoms with Gasteiger partial charge in [-0.3, -0.25) is 18.7 Å². The topological polar surface area (TPSA) is 116 Å². The van der Waals surface area contributed by atoms with Gasteiger partial charge < -0.3 is 15.4 Å². The zero-order valence-corrected chi connectivity index (χ0v) is 23.7. The molecule has 0 radical (unpaired) electrons. The van der Waals surface area contributed by atoms with Gasteiger partial charge in [0.05, 0.1) is 18.0 Å². The van der Waals surface area contributed by atoms with Gasteiger partial charge in [0.2, 0.25) is 0 Å². The highest BCUT2D eigenvalue weighted by atomic mass is 32.1. The molecule has 2 aromatic carbocycles. The van der Waals surface area contributed by atoms with Gasteiger partial charge in [-0.1, -0.05) is 24.4 Å². The van der Waals surface area contributed by atoms with E-state index < -0.39 is 28.6 Å². The van der Waals surface area contributed by atoms with Gasteiger partial charge in [-0.25, -0.2) is 18.5 Å². The fourth-order valence-electron chi connectivity index (χ4n) is 4.81. The number of carbonyl (C=O) groups is 1. The monoisotopic (exact) mass is 577 g/mol. The van der Waals surface area contributed by atoms with E-state index in [1.165, 1.54) is 23.7 Å². The molecular formula is C29H28FN5O5S. The number of thiocarbonyl (C=S) groups is 1. The lowest BCUT2D eigenvalue weighted by atomic mass is 10.1. The fraction of sp³-hybridized carbons (Fsp3) is 0.276. The number of hydrogen-bond donors (Lipinski definition) is 2. The van der Waals surface area contributed by atoms with Crippen LogP contribution in [0.5, 0.6) is 0 Å². The molecule has 41 heavy (non-hydrogen) atoms. The number of carbonyl (C=O) groups excluding carboxylic acids is 1. The van der Waals surface area contributed by atoms with Crippen LogP contribution in [0, 0.1) is 19.7 Å². The second-order valence-electron chi connectivity index (χ2n) is 9.92. The van der Waals surface area contributed by atoms with Gasteiger partial charge >= 0.3 is 11.7 Å². The quantitative estimate of drug-likeness (QED) is 0.261. The number of aryl methyl sites for hydroxylation is 2. The molecule has 212 valence electrons. The van der Waals surface area contributed by atoms with Crippen LogP contribution in [0.4, 0.5) is 21.5 Å². The third kappa shape index (κ3) is 5.06. The number of rotatable bonds is 6. The minimum atomic E-state index is -0.712. The Balaban J connectivity index is 1.75. The Labute approximate surface area is 239 Å². The van der Waals surface area contributed by atoms with Crippen molar-refractivity contribution in [3.63, 3.8) is 0 Å². The molecule has 1 aliphatic carbocycles. The number of pyridine rings is 1. The molecule has 0 unspecified atom stereocenters. The predicted molar refractivity (Wildman–Crippen MR) is 159 cm³/mol. The first kappa shape index (κ1) is 28.0. The number of ether oxygens (including phenoxy) is 1. The van der Waals surface area contributed by atoms with Crippen molar-refractivity contribution in [2.45, 2.75) is 39.7 Å². The number of anilines is 3. The van der Waals surface area contributed by atoms with Gasteiger partial charge in [0, 0.05) is 30.0 Å². The zero-order valence-electron chi connectivity index (χ0n) is 22.9. The number of nitrogens with zero attached hydrogens (tertiary/aromatic N) is 3. The van der Waals surface area contributed by atoms with Crippen molar-refractivity contribution in [2.75, 3.05) is 17.2 Å². The molecule has 1 aliphatic rings. The van der Waals surface area contributed by atoms with E-state index in [0.29, 0.717) is 29.8 Å². The van der Waals surface area contributed by atoms with Crippen LogP contribution in [0.15, 0.2) is 56.8 Å². The van der Waals surface area contributed by atoms with Gasteiger partial charge in [-0.15, -0.1) is 0 Å². The summed E-state index contributed by atoms with van der Waals surface area (Å²) < 4.78 is 23.7. The summed E-state index contributed by atoms with van der Waals surface area (Å²) >= 11 is 5.11. The van der Waals surface area contributed by atoms with Crippen LogP contribution in [0.1, 0.15) is 36.9 Å². The second-order valence-corrected chi connectivity index (χ2v) is 10.3. The molecule has 10 nitrogen and oxygen atoms in total. The first-order valence-corrected chi connectivity index (χ1v) is 13.5. The summed E-state index contributed by atoms with van der Waals surface area (Å²) in [4.78, 5) is 53.0. The van der Waals surface area contributed by atoms with E-state index in [2.05, 4.69) is 10.6 Å². The first-order chi connectivity index (χ1) is 19.5. The van der Waals surface area contributed by atoms with Crippen molar-refractivity contribution in [3.05, 3.63) is 90.6 Å². The number of aromatic nitrogens is 3. The summed E-state index contributed by atoms with van der Waals surface area (Å²) in [5, 5.41) is 6.05. The third-order valence-corrected chi connectivity index (χ3v) is 7.21. The van der Waals surface area contributed by atoms with Crippen molar-refractivity contribution in [3.8, 4) is 5.69 Å². The normalized spacial score (nSPS) is 12.8. The number of hydrogen-bond acceptors (Lipinski definition) is 7. The van der Waals surface area contributed by atoms with Crippen LogP contribution in [-0.4, -0.2) is 31.3 Å². The zero-order chi connectivity index (χ0) is 29.6. The Morgan fingerprint density at radius 1 is 1.07 bits per heavy atom. The number of fused-ring (bicyclic) bond motifs is 1. The molecule has 2 aromatic heterocycles. The van der Waals surface area contributed by atoms with Crippen LogP contribution >= 0.6 is 12.2 Å². The summed E-state index contributed by atoms with van der Waals surface area (Å²) in [6.45, 7) is 5.15.